The molecule has 3 aromatic rings. The molecule has 4 rings (SSSR count). The van der Waals surface area contributed by atoms with Crippen molar-refractivity contribution in [2.75, 3.05) is 23.3 Å². The zero-order valence-electron chi connectivity index (χ0n) is 18.0. The van der Waals surface area contributed by atoms with Gasteiger partial charge in [-0.05, 0) is 32.4 Å². The van der Waals surface area contributed by atoms with Gasteiger partial charge in [-0.25, -0.2) is 9.97 Å². The molecule has 0 bridgehead atoms. The van der Waals surface area contributed by atoms with Crippen LogP contribution in [-0.4, -0.2) is 41.2 Å². The Morgan fingerprint density at radius 3 is 2.55 bits per heavy atom. The third-order valence-electron chi connectivity index (χ3n) is 5.18. The van der Waals surface area contributed by atoms with Gasteiger partial charge in [0.25, 0.3) is 0 Å². The maximum Gasteiger partial charge on any atom is 0.224 e. The van der Waals surface area contributed by atoms with Crippen molar-refractivity contribution in [3.8, 4) is 11.3 Å². The number of nitrogens with one attached hydrogen (secondary N) is 1. The van der Waals surface area contributed by atoms with Crippen molar-refractivity contribution in [3.63, 3.8) is 0 Å². The molecule has 7 heteroatoms. The number of rotatable bonds is 7. The van der Waals surface area contributed by atoms with Crippen molar-refractivity contribution >= 4 is 17.4 Å². The number of morpholine rings is 1. The summed E-state index contributed by atoms with van der Waals surface area (Å²) in [6.07, 6.45) is 5.46. The third-order valence-corrected chi connectivity index (χ3v) is 5.18. The molecule has 162 valence electrons. The van der Waals surface area contributed by atoms with Crippen molar-refractivity contribution < 1.29 is 13.9 Å². The van der Waals surface area contributed by atoms with E-state index < -0.39 is 0 Å². The summed E-state index contributed by atoms with van der Waals surface area (Å²) in [6, 6.07) is 13.7. The van der Waals surface area contributed by atoms with E-state index in [0.717, 1.165) is 30.2 Å². The highest BCUT2D eigenvalue weighted by atomic mass is 16.5. The van der Waals surface area contributed by atoms with E-state index in [0.29, 0.717) is 30.8 Å². The maximum atomic E-state index is 12.3. The number of aryl methyl sites for hydroxylation is 1. The molecule has 1 amide bonds. The highest BCUT2D eigenvalue weighted by molar-refractivity contribution is 5.90. The molecule has 1 aromatic carbocycles. The van der Waals surface area contributed by atoms with E-state index in [9.17, 15) is 4.79 Å². The van der Waals surface area contributed by atoms with E-state index in [1.165, 1.54) is 0 Å². The van der Waals surface area contributed by atoms with Crippen molar-refractivity contribution in [2.45, 2.75) is 45.3 Å². The Morgan fingerprint density at radius 1 is 1.06 bits per heavy atom. The summed E-state index contributed by atoms with van der Waals surface area (Å²) in [4.78, 5) is 23.3. The second kappa shape index (κ2) is 9.75. The van der Waals surface area contributed by atoms with Gasteiger partial charge in [0.1, 0.15) is 5.82 Å². The molecule has 1 N–H and O–H groups in total. The minimum Gasteiger partial charge on any atom is -0.441 e. The van der Waals surface area contributed by atoms with E-state index in [1.54, 1.807) is 12.4 Å². The predicted molar refractivity (Wildman–Crippen MR) is 120 cm³/mol. The largest absolute Gasteiger partial charge is 0.441 e. The molecule has 0 unspecified atom stereocenters. The molecule has 0 saturated carbocycles. The molecule has 2 aromatic heterocycles. The number of hydrogen-bond donors (Lipinski definition) is 1. The monoisotopic (exact) mass is 420 g/mol. The predicted octanol–water partition coefficient (Wildman–Crippen LogP) is 4.31. The Hall–Kier alpha value is -3.19. The minimum absolute atomic E-state index is 0.0435. The summed E-state index contributed by atoms with van der Waals surface area (Å²) in [6.45, 7) is 5.77. The number of benzene rings is 1. The van der Waals surface area contributed by atoms with Crippen LogP contribution in [0.15, 0.2) is 59.3 Å². The molecule has 0 aliphatic carbocycles. The van der Waals surface area contributed by atoms with E-state index in [4.69, 9.17) is 9.15 Å². The van der Waals surface area contributed by atoms with E-state index >= 15 is 0 Å². The fourth-order valence-electron chi connectivity index (χ4n) is 3.80. The summed E-state index contributed by atoms with van der Waals surface area (Å²) in [5.41, 5.74) is 1.70. The van der Waals surface area contributed by atoms with E-state index in [1.807, 2.05) is 42.5 Å². The molecule has 3 heterocycles. The van der Waals surface area contributed by atoms with Crippen LogP contribution in [0.5, 0.6) is 0 Å². The maximum absolute atomic E-state index is 12.3. The lowest BCUT2D eigenvalue weighted by molar-refractivity contribution is -0.116. The number of hydrogen-bond acceptors (Lipinski definition) is 6. The number of carbonyl (C=O) groups excluding carboxylic acids is 1. The van der Waals surface area contributed by atoms with E-state index in [2.05, 4.69) is 34.0 Å². The number of carbonyl (C=O) groups is 1. The van der Waals surface area contributed by atoms with Crippen molar-refractivity contribution in [2.24, 2.45) is 0 Å². The number of pyridine rings is 1. The lowest BCUT2D eigenvalue weighted by Crippen LogP contribution is -2.45. The van der Waals surface area contributed by atoms with Gasteiger partial charge in [0.05, 0.1) is 30.3 Å². The Kier molecular flexibility index (Phi) is 6.62. The first kappa shape index (κ1) is 21.1. The third kappa shape index (κ3) is 5.70. The Morgan fingerprint density at radius 2 is 1.84 bits per heavy atom. The van der Waals surface area contributed by atoms with Gasteiger partial charge in [0, 0.05) is 31.5 Å². The molecular weight excluding hydrogens is 392 g/mol. The smallest absolute Gasteiger partial charge is 0.224 e. The van der Waals surface area contributed by atoms with Crippen LogP contribution in [0.4, 0.5) is 11.5 Å². The van der Waals surface area contributed by atoms with Crippen LogP contribution in [0.2, 0.25) is 0 Å². The zero-order valence-corrected chi connectivity index (χ0v) is 18.0. The molecule has 1 aliphatic rings. The first-order valence-electron chi connectivity index (χ1n) is 10.7. The van der Waals surface area contributed by atoms with Crippen LogP contribution >= 0.6 is 0 Å². The van der Waals surface area contributed by atoms with Gasteiger partial charge >= 0.3 is 0 Å². The molecule has 31 heavy (non-hydrogen) atoms. The Balaban J connectivity index is 1.23. The lowest BCUT2D eigenvalue weighted by Gasteiger charge is -2.36. The summed E-state index contributed by atoms with van der Waals surface area (Å²) in [5.74, 6) is 2.25. The van der Waals surface area contributed by atoms with Crippen molar-refractivity contribution in [1.29, 1.82) is 0 Å². The lowest BCUT2D eigenvalue weighted by atomic mass is 10.2. The second-order valence-electron chi connectivity index (χ2n) is 7.95. The Bertz CT molecular complexity index is 978. The number of nitrogens with zero attached hydrogens (tertiary/aromatic N) is 3. The molecule has 2 atom stereocenters. The molecule has 0 radical (unpaired) electrons. The number of anilines is 2. The Labute approximate surface area is 182 Å². The van der Waals surface area contributed by atoms with Gasteiger partial charge in [-0.15, -0.1) is 0 Å². The minimum atomic E-state index is -0.0435. The fourth-order valence-corrected chi connectivity index (χ4v) is 3.80. The van der Waals surface area contributed by atoms with Gasteiger partial charge < -0.3 is 19.4 Å². The second-order valence-corrected chi connectivity index (χ2v) is 7.95. The van der Waals surface area contributed by atoms with Crippen LogP contribution in [-0.2, 0) is 16.0 Å². The molecule has 0 spiro atoms. The average molecular weight is 421 g/mol. The molecule has 7 nitrogen and oxygen atoms in total. The molecular formula is C24H28N4O3. The van der Waals surface area contributed by atoms with Crippen LogP contribution in [0, 0.1) is 0 Å². The molecule has 1 saturated heterocycles. The topological polar surface area (TPSA) is 80.5 Å². The van der Waals surface area contributed by atoms with Crippen LogP contribution in [0.3, 0.4) is 0 Å². The fraction of sp³-hybridized carbons (Fsp3) is 0.375. The van der Waals surface area contributed by atoms with Crippen molar-refractivity contribution in [1.82, 2.24) is 9.97 Å². The summed E-state index contributed by atoms with van der Waals surface area (Å²) in [5, 5.41) is 2.91. The normalized spacial score (nSPS) is 18.7. The number of aromatic nitrogens is 2. The molecule has 1 aliphatic heterocycles. The highest BCUT2D eigenvalue weighted by Gasteiger charge is 2.23. The first-order chi connectivity index (χ1) is 15.1. The zero-order chi connectivity index (χ0) is 21.6. The van der Waals surface area contributed by atoms with Gasteiger partial charge in [-0.3, -0.25) is 4.79 Å². The van der Waals surface area contributed by atoms with Gasteiger partial charge in [-0.2, -0.15) is 0 Å². The van der Waals surface area contributed by atoms with Gasteiger partial charge in [0.2, 0.25) is 5.91 Å². The van der Waals surface area contributed by atoms with Crippen LogP contribution in [0.1, 0.15) is 32.6 Å². The number of ether oxygens (including phenoxy) is 1. The first-order valence-corrected chi connectivity index (χ1v) is 10.7. The van der Waals surface area contributed by atoms with Gasteiger partial charge in [-0.1, -0.05) is 30.3 Å². The summed E-state index contributed by atoms with van der Waals surface area (Å²) < 4.78 is 11.6. The number of oxazole rings is 1. The standard InChI is InChI=1S/C24H28N4O3/c1-17-15-28(16-18(2)30-17)22-12-11-20(13-25-22)27-23(29)9-6-10-24-26-14-21(31-24)19-7-4-3-5-8-19/h3-5,7-8,11-14,17-18H,6,9-10,15-16H2,1-2H3,(H,27,29)/t17-,18-/m1/s1. The quantitative estimate of drug-likeness (QED) is 0.613. The van der Waals surface area contributed by atoms with Crippen LogP contribution < -0.4 is 10.2 Å². The van der Waals surface area contributed by atoms with Crippen molar-refractivity contribution in [3.05, 3.63) is 60.7 Å². The molecule has 1 fully saturated rings. The average Bonchev–Trinajstić information content (AvgIpc) is 3.23. The SMILES string of the molecule is C[C@@H]1CN(c2ccc(NC(=O)CCCc3ncc(-c4ccccc4)o3)cn2)C[C@@H](C)O1. The highest BCUT2D eigenvalue weighted by Crippen LogP contribution is 2.21. The van der Waals surface area contributed by atoms with Gasteiger partial charge in [0.15, 0.2) is 11.7 Å². The summed E-state index contributed by atoms with van der Waals surface area (Å²) >= 11 is 0. The van der Waals surface area contributed by atoms with E-state index in [-0.39, 0.29) is 18.1 Å². The van der Waals surface area contributed by atoms with Crippen LogP contribution in [0.25, 0.3) is 11.3 Å². The summed E-state index contributed by atoms with van der Waals surface area (Å²) in [7, 11) is 0. The number of amides is 1.